The lowest BCUT2D eigenvalue weighted by Crippen LogP contribution is -2.43. The molecule has 0 bridgehead atoms. The van der Waals surface area contributed by atoms with Gasteiger partial charge in [0, 0.05) is 18.3 Å². The smallest absolute Gasteiger partial charge is 0.354 e. The third kappa shape index (κ3) is 3.40. The zero-order valence-corrected chi connectivity index (χ0v) is 12.7. The Bertz CT molecular complexity index is 523. The molecular formula is C16H22N2O3. The summed E-state index contributed by atoms with van der Waals surface area (Å²) >= 11 is 0. The number of carboxylic acid groups (broad SMARTS) is 1. The highest BCUT2D eigenvalue weighted by molar-refractivity contribution is 5.95. The summed E-state index contributed by atoms with van der Waals surface area (Å²) in [5.41, 5.74) is 0.418. The van der Waals surface area contributed by atoms with Crippen molar-refractivity contribution in [3.63, 3.8) is 0 Å². The molecule has 0 aliphatic heterocycles. The average molecular weight is 290 g/mol. The van der Waals surface area contributed by atoms with Gasteiger partial charge in [0.05, 0.1) is 5.56 Å². The molecule has 1 aliphatic carbocycles. The molecule has 21 heavy (non-hydrogen) atoms. The Morgan fingerprint density at radius 3 is 2.48 bits per heavy atom. The van der Waals surface area contributed by atoms with Gasteiger partial charge in [-0.1, -0.05) is 20.3 Å². The van der Waals surface area contributed by atoms with Crippen LogP contribution >= 0.6 is 0 Å². The van der Waals surface area contributed by atoms with Crippen LogP contribution in [0, 0.1) is 5.92 Å². The van der Waals surface area contributed by atoms with Crippen LogP contribution in [0.1, 0.15) is 60.9 Å². The van der Waals surface area contributed by atoms with Crippen LogP contribution in [0.5, 0.6) is 0 Å². The molecule has 1 aliphatic rings. The van der Waals surface area contributed by atoms with E-state index < -0.39 is 5.97 Å². The average Bonchev–Trinajstić information content (AvgIpc) is 3.31. The van der Waals surface area contributed by atoms with E-state index in [1.165, 1.54) is 12.3 Å². The third-order valence-electron chi connectivity index (χ3n) is 4.31. The van der Waals surface area contributed by atoms with Crippen molar-refractivity contribution in [1.82, 2.24) is 9.88 Å². The van der Waals surface area contributed by atoms with Gasteiger partial charge in [0.1, 0.15) is 5.69 Å². The van der Waals surface area contributed by atoms with E-state index in [4.69, 9.17) is 5.11 Å². The third-order valence-corrected chi connectivity index (χ3v) is 4.31. The molecule has 1 N–H and O–H groups in total. The number of nitrogens with zero attached hydrogens (tertiary/aromatic N) is 2. The maximum atomic E-state index is 12.7. The molecule has 1 saturated carbocycles. The fourth-order valence-corrected chi connectivity index (χ4v) is 2.45. The number of aromatic carboxylic acids is 1. The first-order chi connectivity index (χ1) is 9.95. The van der Waals surface area contributed by atoms with E-state index in [0.29, 0.717) is 17.5 Å². The minimum absolute atomic E-state index is 0.0421. The highest BCUT2D eigenvalue weighted by atomic mass is 16.4. The molecule has 114 valence electrons. The molecule has 2 atom stereocenters. The maximum absolute atomic E-state index is 12.7. The minimum atomic E-state index is -1.08. The summed E-state index contributed by atoms with van der Waals surface area (Å²) in [7, 11) is 0. The quantitative estimate of drug-likeness (QED) is 0.874. The number of rotatable bonds is 6. The second-order valence-corrected chi connectivity index (χ2v) is 5.81. The van der Waals surface area contributed by atoms with Crippen LogP contribution in [0.2, 0.25) is 0 Å². The lowest BCUT2D eigenvalue weighted by Gasteiger charge is -2.33. The summed E-state index contributed by atoms with van der Waals surface area (Å²) in [6.07, 6.45) is 4.48. The van der Waals surface area contributed by atoms with Gasteiger partial charge in [-0.2, -0.15) is 0 Å². The molecule has 5 heteroatoms. The van der Waals surface area contributed by atoms with Crippen LogP contribution in [0.25, 0.3) is 0 Å². The number of carboxylic acids is 1. The number of pyridine rings is 1. The van der Waals surface area contributed by atoms with Crippen molar-refractivity contribution in [1.29, 1.82) is 0 Å². The zero-order chi connectivity index (χ0) is 15.6. The molecule has 2 unspecified atom stereocenters. The van der Waals surface area contributed by atoms with Gasteiger partial charge in [-0.15, -0.1) is 0 Å². The number of carbonyl (C=O) groups is 2. The Kier molecular flexibility index (Phi) is 4.60. The van der Waals surface area contributed by atoms with Crippen molar-refractivity contribution >= 4 is 11.9 Å². The molecular weight excluding hydrogens is 268 g/mol. The zero-order valence-electron chi connectivity index (χ0n) is 12.7. The predicted octanol–water partition coefficient (Wildman–Crippen LogP) is 2.82. The summed E-state index contributed by atoms with van der Waals surface area (Å²) in [6.45, 7) is 6.36. The van der Waals surface area contributed by atoms with Gasteiger partial charge in [0.15, 0.2) is 0 Å². The standard InChI is InChI=1S/C16H22N2O3/c1-4-10(2)11(3)18(13-6-7-13)15(19)12-5-8-14(16(20)21)17-9-12/h5,8-11,13H,4,6-7H2,1-3H3,(H,20,21). The van der Waals surface area contributed by atoms with Crippen molar-refractivity contribution in [3.05, 3.63) is 29.6 Å². The van der Waals surface area contributed by atoms with E-state index in [2.05, 4.69) is 25.8 Å². The predicted molar refractivity (Wildman–Crippen MR) is 79.3 cm³/mol. The van der Waals surface area contributed by atoms with Crippen molar-refractivity contribution in [2.75, 3.05) is 0 Å². The fourth-order valence-electron chi connectivity index (χ4n) is 2.45. The van der Waals surface area contributed by atoms with Gasteiger partial charge in [-0.05, 0) is 37.8 Å². The van der Waals surface area contributed by atoms with Crippen LogP contribution in [0.15, 0.2) is 18.3 Å². The Morgan fingerprint density at radius 2 is 2.05 bits per heavy atom. The van der Waals surface area contributed by atoms with Gasteiger partial charge in [0.25, 0.3) is 5.91 Å². The SMILES string of the molecule is CCC(C)C(C)N(C(=O)c1ccc(C(=O)O)nc1)C1CC1. The second-order valence-electron chi connectivity index (χ2n) is 5.81. The highest BCUT2D eigenvalue weighted by Gasteiger charge is 2.37. The molecule has 1 amide bonds. The van der Waals surface area contributed by atoms with Crippen LogP contribution in [-0.2, 0) is 0 Å². The molecule has 2 rings (SSSR count). The monoisotopic (exact) mass is 290 g/mol. The lowest BCUT2D eigenvalue weighted by molar-refractivity contribution is 0.0612. The summed E-state index contributed by atoms with van der Waals surface area (Å²) in [6, 6.07) is 3.43. The van der Waals surface area contributed by atoms with Gasteiger partial charge < -0.3 is 10.0 Å². The van der Waals surface area contributed by atoms with Gasteiger partial charge in [-0.25, -0.2) is 9.78 Å². The second kappa shape index (κ2) is 6.24. The number of aromatic nitrogens is 1. The van der Waals surface area contributed by atoms with Gasteiger partial charge >= 0.3 is 5.97 Å². The molecule has 0 aromatic carbocycles. The first-order valence-corrected chi connectivity index (χ1v) is 7.47. The molecule has 1 aromatic heterocycles. The first kappa shape index (κ1) is 15.5. The molecule has 0 spiro atoms. The van der Waals surface area contributed by atoms with Crippen molar-refractivity contribution in [3.8, 4) is 0 Å². The highest BCUT2D eigenvalue weighted by Crippen LogP contribution is 2.32. The van der Waals surface area contributed by atoms with Crippen LogP contribution in [0.4, 0.5) is 0 Å². The molecule has 5 nitrogen and oxygen atoms in total. The Morgan fingerprint density at radius 1 is 1.38 bits per heavy atom. The van der Waals surface area contributed by atoms with Crippen molar-refractivity contribution in [2.24, 2.45) is 5.92 Å². The minimum Gasteiger partial charge on any atom is -0.477 e. The summed E-state index contributed by atoms with van der Waals surface area (Å²) in [5.74, 6) is -0.698. The summed E-state index contributed by atoms with van der Waals surface area (Å²) in [4.78, 5) is 29.3. The van der Waals surface area contributed by atoms with E-state index in [1.54, 1.807) is 6.07 Å². The Hall–Kier alpha value is -1.91. The normalized spacial score (nSPS) is 17.1. The van der Waals surface area contributed by atoms with Gasteiger partial charge in [-0.3, -0.25) is 4.79 Å². The molecule has 1 heterocycles. The first-order valence-electron chi connectivity index (χ1n) is 7.47. The number of hydrogen-bond acceptors (Lipinski definition) is 3. The van der Waals surface area contributed by atoms with Crippen LogP contribution in [0.3, 0.4) is 0 Å². The lowest BCUT2D eigenvalue weighted by atomic mass is 9.98. The number of hydrogen-bond donors (Lipinski definition) is 1. The Balaban J connectivity index is 2.20. The van der Waals surface area contributed by atoms with Crippen molar-refractivity contribution in [2.45, 2.75) is 52.1 Å². The summed E-state index contributed by atoms with van der Waals surface area (Å²) < 4.78 is 0. The molecule has 1 fully saturated rings. The largest absolute Gasteiger partial charge is 0.477 e. The fraction of sp³-hybridized carbons (Fsp3) is 0.562. The molecule has 0 saturated heterocycles. The van der Waals surface area contributed by atoms with Crippen molar-refractivity contribution < 1.29 is 14.7 Å². The topological polar surface area (TPSA) is 70.5 Å². The van der Waals surface area contributed by atoms with Gasteiger partial charge in [0.2, 0.25) is 0 Å². The maximum Gasteiger partial charge on any atom is 0.354 e. The molecule has 0 radical (unpaired) electrons. The summed E-state index contributed by atoms with van der Waals surface area (Å²) in [5, 5.41) is 8.86. The van der Waals surface area contributed by atoms with Crippen LogP contribution < -0.4 is 0 Å². The van der Waals surface area contributed by atoms with E-state index >= 15 is 0 Å². The number of amides is 1. The van der Waals surface area contributed by atoms with E-state index in [0.717, 1.165) is 19.3 Å². The molecule has 1 aromatic rings. The van der Waals surface area contributed by atoms with E-state index in [9.17, 15) is 9.59 Å². The van der Waals surface area contributed by atoms with E-state index in [-0.39, 0.29) is 17.6 Å². The van der Waals surface area contributed by atoms with E-state index in [1.807, 2.05) is 4.90 Å². The number of carbonyl (C=O) groups excluding carboxylic acids is 1. The Labute approximate surface area is 125 Å². The van der Waals surface area contributed by atoms with Crippen LogP contribution in [-0.4, -0.2) is 39.0 Å².